The summed E-state index contributed by atoms with van der Waals surface area (Å²) < 4.78 is 0. The van der Waals surface area contributed by atoms with E-state index in [0.717, 1.165) is 13.1 Å². The molecule has 122 valence electrons. The van der Waals surface area contributed by atoms with Crippen molar-refractivity contribution >= 4 is 23.1 Å². The van der Waals surface area contributed by atoms with Crippen LogP contribution in [-0.2, 0) is 5.41 Å². The normalized spacial score (nSPS) is 13.9. The minimum absolute atomic E-state index is 0.171. The van der Waals surface area contributed by atoms with Crippen molar-refractivity contribution in [1.29, 1.82) is 0 Å². The molecule has 23 heavy (non-hydrogen) atoms. The van der Waals surface area contributed by atoms with E-state index < -0.39 is 0 Å². The van der Waals surface area contributed by atoms with Crippen LogP contribution in [-0.4, -0.2) is 32.1 Å². The molecule has 3 rings (SSSR count). The van der Waals surface area contributed by atoms with Gasteiger partial charge in [0.1, 0.15) is 0 Å². The molecule has 3 heteroatoms. The lowest BCUT2D eigenvalue weighted by molar-refractivity contribution is 0.418. The topological polar surface area (TPSA) is 6.48 Å². The average molecular weight is 327 g/mol. The van der Waals surface area contributed by atoms with Gasteiger partial charge in [-0.05, 0) is 49.3 Å². The van der Waals surface area contributed by atoms with Gasteiger partial charge in [-0.3, -0.25) is 0 Å². The first-order chi connectivity index (χ1) is 10.9. The van der Waals surface area contributed by atoms with Crippen molar-refractivity contribution in [2.24, 2.45) is 0 Å². The van der Waals surface area contributed by atoms with Gasteiger partial charge in [0, 0.05) is 22.9 Å². The quantitative estimate of drug-likeness (QED) is 0.770. The largest absolute Gasteiger partial charge is 0.338 e. The zero-order chi connectivity index (χ0) is 16.6. The molecule has 2 nitrogen and oxygen atoms in total. The number of rotatable bonds is 3. The van der Waals surface area contributed by atoms with Crippen LogP contribution in [0.2, 0.25) is 0 Å². The minimum atomic E-state index is 0.171. The van der Waals surface area contributed by atoms with E-state index in [9.17, 15) is 0 Å². The third kappa shape index (κ3) is 3.41. The summed E-state index contributed by atoms with van der Waals surface area (Å²) in [4.78, 5) is 7.44. The fraction of sp³-hybridized carbons (Fsp3) is 0.400. The van der Waals surface area contributed by atoms with Crippen molar-refractivity contribution in [3.05, 3.63) is 48.0 Å². The van der Waals surface area contributed by atoms with E-state index in [0.29, 0.717) is 0 Å². The third-order valence-electron chi connectivity index (χ3n) is 4.26. The monoisotopic (exact) mass is 326 g/mol. The Bertz CT molecular complexity index is 701. The Morgan fingerprint density at radius 1 is 0.957 bits per heavy atom. The molecule has 1 aliphatic heterocycles. The van der Waals surface area contributed by atoms with Gasteiger partial charge in [0.25, 0.3) is 0 Å². The predicted octanol–water partition coefficient (Wildman–Crippen LogP) is 5.15. The van der Waals surface area contributed by atoms with Gasteiger partial charge in [-0.25, -0.2) is 0 Å². The molecule has 1 aliphatic rings. The van der Waals surface area contributed by atoms with Crippen LogP contribution >= 0.6 is 11.8 Å². The van der Waals surface area contributed by atoms with Crippen LogP contribution in [0.15, 0.2) is 52.3 Å². The highest BCUT2D eigenvalue weighted by molar-refractivity contribution is 7.99. The third-order valence-corrected chi connectivity index (χ3v) is 5.39. The molecule has 0 saturated carbocycles. The van der Waals surface area contributed by atoms with Crippen LogP contribution in [0, 0.1) is 0 Å². The summed E-state index contributed by atoms with van der Waals surface area (Å²) in [6.07, 6.45) is 0. The van der Waals surface area contributed by atoms with Crippen molar-refractivity contribution in [2.75, 3.05) is 32.1 Å². The first-order valence-electron chi connectivity index (χ1n) is 8.20. The molecule has 0 fully saturated rings. The van der Waals surface area contributed by atoms with Gasteiger partial charge in [0.15, 0.2) is 0 Å². The summed E-state index contributed by atoms with van der Waals surface area (Å²) in [6, 6.07) is 15.7. The SMILES string of the molecule is CN(C)CCN1c2ccccc2Sc2ccc(C(C)(C)C)cc21. The van der Waals surface area contributed by atoms with Crippen LogP contribution in [0.25, 0.3) is 0 Å². The fourth-order valence-electron chi connectivity index (χ4n) is 2.84. The molecule has 0 saturated heterocycles. The molecule has 0 aromatic heterocycles. The lowest BCUT2D eigenvalue weighted by Gasteiger charge is -2.35. The Morgan fingerprint density at radius 2 is 1.65 bits per heavy atom. The van der Waals surface area contributed by atoms with Gasteiger partial charge in [0.05, 0.1) is 11.4 Å². The second-order valence-electron chi connectivity index (χ2n) is 7.46. The molecule has 0 atom stereocenters. The molecular formula is C20H26N2S. The number of para-hydroxylation sites is 1. The standard InChI is InChI=1S/C20H26N2S/c1-20(2,3)15-10-11-19-17(14-15)22(13-12-21(4)5)16-8-6-7-9-18(16)23-19/h6-11,14H,12-13H2,1-5H3. The molecule has 2 aromatic carbocycles. The van der Waals surface area contributed by atoms with Crippen molar-refractivity contribution in [1.82, 2.24) is 4.90 Å². The molecule has 0 bridgehead atoms. The second-order valence-corrected chi connectivity index (χ2v) is 8.54. The lowest BCUT2D eigenvalue weighted by Crippen LogP contribution is -2.30. The molecule has 0 radical (unpaired) electrons. The van der Waals surface area contributed by atoms with Gasteiger partial charge in [-0.15, -0.1) is 0 Å². The van der Waals surface area contributed by atoms with Crippen molar-refractivity contribution in [3.8, 4) is 0 Å². The molecule has 2 aromatic rings. The molecule has 0 amide bonds. The number of hydrogen-bond donors (Lipinski definition) is 0. The number of fused-ring (bicyclic) bond motifs is 2. The van der Waals surface area contributed by atoms with E-state index >= 15 is 0 Å². The van der Waals surface area contributed by atoms with Gasteiger partial charge < -0.3 is 9.80 Å². The fourth-order valence-corrected chi connectivity index (χ4v) is 3.91. The van der Waals surface area contributed by atoms with Crippen LogP contribution in [0.5, 0.6) is 0 Å². The lowest BCUT2D eigenvalue weighted by atomic mass is 9.87. The summed E-state index contributed by atoms with van der Waals surface area (Å²) in [6.45, 7) is 8.89. The molecule has 0 spiro atoms. The molecule has 1 heterocycles. The van der Waals surface area contributed by atoms with Crippen LogP contribution in [0.4, 0.5) is 11.4 Å². The van der Waals surface area contributed by atoms with E-state index in [1.54, 1.807) is 0 Å². The van der Waals surface area contributed by atoms with Gasteiger partial charge in [-0.1, -0.05) is 50.7 Å². The highest BCUT2D eigenvalue weighted by Crippen LogP contribution is 2.48. The smallest absolute Gasteiger partial charge is 0.0556 e. The average Bonchev–Trinajstić information content (AvgIpc) is 2.49. The summed E-state index contributed by atoms with van der Waals surface area (Å²) in [5, 5.41) is 0. The van der Waals surface area contributed by atoms with E-state index in [1.165, 1.54) is 26.7 Å². The minimum Gasteiger partial charge on any atom is -0.338 e. The van der Waals surface area contributed by atoms with Crippen LogP contribution in [0.3, 0.4) is 0 Å². The maximum atomic E-state index is 2.48. The maximum Gasteiger partial charge on any atom is 0.0556 e. The number of hydrogen-bond acceptors (Lipinski definition) is 3. The molecule has 0 N–H and O–H groups in total. The highest BCUT2D eigenvalue weighted by atomic mass is 32.2. The first kappa shape index (κ1) is 16.4. The summed E-state index contributed by atoms with van der Waals surface area (Å²) in [5.41, 5.74) is 4.25. The summed E-state index contributed by atoms with van der Waals surface area (Å²) in [7, 11) is 4.27. The van der Waals surface area contributed by atoms with Crippen LogP contribution < -0.4 is 4.90 Å². The number of nitrogens with zero attached hydrogens (tertiary/aromatic N) is 2. The number of benzene rings is 2. The number of anilines is 2. The molecule has 0 aliphatic carbocycles. The van der Waals surface area contributed by atoms with E-state index in [4.69, 9.17) is 0 Å². The Morgan fingerprint density at radius 3 is 2.35 bits per heavy atom. The van der Waals surface area contributed by atoms with E-state index in [2.05, 4.69) is 87.1 Å². The Balaban J connectivity index is 2.06. The molecular weight excluding hydrogens is 300 g/mol. The Labute approximate surface area is 144 Å². The zero-order valence-corrected chi connectivity index (χ0v) is 15.6. The highest BCUT2D eigenvalue weighted by Gasteiger charge is 2.25. The van der Waals surface area contributed by atoms with Crippen LogP contribution in [0.1, 0.15) is 26.3 Å². The second kappa shape index (κ2) is 6.21. The maximum absolute atomic E-state index is 2.48. The van der Waals surface area contributed by atoms with Crippen molar-refractivity contribution in [3.63, 3.8) is 0 Å². The van der Waals surface area contributed by atoms with E-state index in [-0.39, 0.29) is 5.41 Å². The first-order valence-corrected chi connectivity index (χ1v) is 9.01. The van der Waals surface area contributed by atoms with Gasteiger partial charge >= 0.3 is 0 Å². The summed E-state index contributed by atoms with van der Waals surface area (Å²) in [5.74, 6) is 0. The predicted molar refractivity (Wildman–Crippen MR) is 101 cm³/mol. The van der Waals surface area contributed by atoms with Crippen molar-refractivity contribution in [2.45, 2.75) is 36.0 Å². The van der Waals surface area contributed by atoms with Gasteiger partial charge in [0.2, 0.25) is 0 Å². The molecule has 0 unspecified atom stereocenters. The Hall–Kier alpha value is -1.45. The Kier molecular flexibility index (Phi) is 4.43. The van der Waals surface area contributed by atoms with E-state index in [1.807, 2.05) is 11.8 Å². The number of likely N-dealkylation sites (N-methyl/N-ethyl adjacent to an activating group) is 1. The van der Waals surface area contributed by atoms with Gasteiger partial charge in [-0.2, -0.15) is 0 Å². The van der Waals surface area contributed by atoms with Crippen molar-refractivity contribution < 1.29 is 0 Å². The summed E-state index contributed by atoms with van der Waals surface area (Å²) >= 11 is 1.88. The zero-order valence-electron chi connectivity index (χ0n) is 14.8.